The molecule has 1 atom stereocenters. The number of carbonyl (C=O) groups is 1. The van der Waals surface area contributed by atoms with E-state index in [0.717, 1.165) is 16.8 Å². The van der Waals surface area contributed by atoms with Crippen LogP contribution in [0.1, 0.15) is 21.5 Å². The van der Waals surface area contributed by atoms with E-state index in [1.807, 2.05) is 48.5 Å². The summed E-state index contributed by atoms with van der Waals surface area (Å²) in [4.78, 5) is 12.7. The summed E-state index contributed by atoms with van der Waals surface area (Å²) < 4.78 is 5.21. The molecule has 0 saturated carbocycles. The van der Waals surface area contributed by atoms with Crippen molar-refractivity contribution in [3.63, 3.8) is 0 Å². The van der Waals surface area contributed by atoms with Gasteiger partial charge in [-0.15, -0.1) is 0 Å². The summed E-state index contributed by atoms with van der Waals surface area (Å²) in [5.74, 6) is 1.11. The van der Waals surface area contributed by atoms with Crippen molar-refractivity contribution in [1.29, 1.82) is 0 Å². The van der Waals surface area contributed by atoms with E-state index in [4.69, 9.17) is 10.5 Å². The molecule has 4 rings (SSSR count). The number of benzene rings is 3. The fraction of sp³-hybridized carbons (Fsp3) is 0.125. The highest BCUT2D eigenvalue weighted by Crippen LogP contribution is 2.37. The van der Waals surface area contributed by atoms with Crippen molar-refractivity contribution in [2.75, 3.05) is 19.0 Å². The van der Waals surface area contributed by atoms with Crippen LogP contribution in [0, 0.1) is 0 Å². The lowest BCUT2D eigenvalue weighted by Gasteiger charge is -2.28. The summed E-state index contributed by atoms with van der Waals surface area (Å²) in [6.07, 6.45) is 2.05. The first kappa shape index (κ1) is 18.6. The topological polar surface area (TPSA) is 76.4 Å². The number of methoxy groups -OCH3 is 1. The van der Waals surface area contributed by atoms with Crippen LogP contribution in [0.2, 0.25) is 0 Å². The molecule has 29 heavy (non-hydrogen) atoms. The van der Waals surface area contributed by atoms with Crippen LogP contribution in [0.5, 0.6) is 5.75 Å². The summed E-state index contributed by atoms with van der Waals surface area (Å²) in [7, 11) is 1.58. The van der Waals surface area contributed by atoms with Crippen LogP contribution in [-0.2, 0) is 5.41 Å². The largest absolute Gasteiger partial charge is 0.497 e. The maximum Gasteiger partial charge on any atom is 0.255 e. The van der Waals surface area contributed by atoms with E-state index in [9.17, 15) is 4.79 Å². The van der Waals surface area contributed by atoms with Gasteiger partial charge in [-0.1, -0.05) is 48.5 Å². The number of carbonyl (C=O) groups excluding carboxylic acids is 1. The van der Waals surface area contributed by atoms with Crippen LogP contribution in [0.15, 0.2) is 90.8 Å². The SMILES string of the molecule is COc1cccc(C(=O)Nc2cccc(C3(c4ccccc4)C=C(N)NC3)c2)c1. The molecule has 0 aliphatic carbocycles. The van der Waals surface area contributed by atoms with E-state index in [0.29, 0.717) is 23.7 Å². The zero-order valence-corrected chi connectivity index (χ0v) is 16.2. The van der Waals surface area contributed by atoms with Crippen molar-refractivity contribution >= 4 is 11.6 Å². The zero-order valence-electron chi connectivity index (χ0n) is 16.2. The van der Waals surface area contributed by atoms with Crippen molar-refractivity contribution in [2.24, 2.45) is 5.73 Å². The van der Waals surface area contributed by atoms with Crippen LogP contribution in [0.25, 0.3) is 0 Å². The number of hydrogen-bond acceptors (Lipinski definition) is 4. The first-order chi connectivity index (χ1) is 14.1. The Morgan fingerprint density at radius 1 is 1.00 bits per heavy atom. The molecule has 1 aliphatic rings. The second-order valence-corrected chi connectivity index (χ2v) is 7.06. The summed E-state index contributed by atoms with van der Waals surface area (Å²) in [6, 6.07) is 25.2. The number of anilines is 1. The van der Waals surface area contributed by atoms with Gasteiger partial charge in [0.2, 0.25) is 0 Å². The molecule has 1 amide bonds. The lowest BCUT2D eigenvalue weighted by molar-refractivity contribution is 0.102. The minimum Gasteiger partial charge on any atom is -0.497 e. The summed E-state index contributed by atoms with van der Waals surface area (Å²) in [6.45, 7) is 0.663. The van der Waals surface area contributed by atoms with Gasteiger partial charge in [-0.25, -0.2) is 0 Å². The maximum atomic E-state index is 12.7. The van der Waals surface area contributed by atoms with Gasteiger partial charge in [0.05, 0.1) is 18.3 Å². The third-order valence-corrected chi connectivity index (χ3v) is 5.23. The van der Waals surface area contributed by atoms with Gasteiger partial charge >= 0.3 is 0 Å². The molecule has 1 aliphatic heterocycles. The minimum absolute atomic E-state index is 0.186. The summed E-state index contributed by atoms with van der Waals surface area (Å²) >= 11 is 0. The molecule has 3 aromatic rings. The molecule has 5 nitrogen and oxygen atoms in total. The highest BCUT2D eigenvalue weighted by atomic mass is 16.5. The molecule has 0 fully saturated rings. The van der Waals surface area contributed by atoms with Gasteiger partial charge < -0.3 is 21.1 Å². The van der Waals surface area contributed by atoms with Crippen molar-refractivity contribution in [2.45, 2.75) is 5.41 Å². The maximum absolute atomic E-state index is 12.7. The van der Waals surface area contributed by atoms with E-state index in [-0.39, 0.29) is 11.3 Å². The van der Waals surface area contributed by atoms with Gasteiger partial charge in [-0.05, 0) is 47.5 Å². The lowest BCUT2D eigenvalue weighted by atomic mass is 9.75. The standard InChI is InChI=1S/C24H23N3O2/c1-29-21-12-5-7-17(13-21)23(28)27-20-11-6-10-19(14-20)24(15-22(25)26-16-24)18-8-3-2-4-9-18/h2-15,26H,16,25H2,1H3,(H,27,28). The predicted molar refractivity (Wildman–Crippen MR) is 115 cm³/mol. The molecule has 0 spiro atoms. The summed E-state index contributed by atoms with van der Waals surface area (Å²) in [5.41, 5.74) is 9.15. The van der Waals surface area contributed by atoms with Gasteiger partial charge in [0.1, 0.15) is 5.75 Å². The van der Waals surface area contributed by atoms with Crippen molar-refractivity contribution in [3.8, 4) is 5.75 Å². The average Bonchev–Trinajstić information content (AvgIpc) is 3.17. The Morgan fingerprint density at radius 3 is 2.48 bits per heavy atom. The van der Waals surface area contributed by atoms with E-state index in [1.165, 1.54) is 0 Å². The highest BCUT2D eigenvalue weighted by molar-refractivity contribution is 6.04. The molecule has 1 unspecified atom stereocenters. The quantitative estimate of drug-likeness (QED) is 0.627. The Kier molecular flexibility index (Phi) is 4.96. The highest BCUT2D eigenvalue weighted by Gasteiger charge is 2.36. The predicted octanol–water partition coefficient (Wildman–Crippen LogP) is 3.64. The van der Waals surface area contributed by atoms with Crippen molar-refractivity contribution in [1.82, 2.24) is 5.32 Å². The van der Waals surface area contributed by atoms with Gasteiger partial charge in [-0.2, -0.15) is 0 Å². The second kappa shape index (κ2) is 7.72. The number of rotatable bonds is 5. The van der Waals surface area contributed by atoms with E-state index < -0.39 is 0 Å². The van der Waals surface area contributed by atoms with Crippen LogP contribution >= 0.6 is 0 Å². The monoisotopic (exact) mass is 385 g/mol. The minimum atomic E-state index is -0.387. The van der Waals surface area contributed by atoms with Crippen molar-refractivity contribution < 1.29 is 9.53 Å². The van der Waals surface area contributed by atoms with Crippen LogP contribution in [0.3, 0.4) is 0 Å². The molecule has 5 heteroatoms. The van der Waals surface area contributed by atoms with E-state index >= 15 is 0 Å². The molecule has 4 N–H and O–H groups in total. The van der Waals surface area contributed by atoms with Gasteiger partial charge in [0.15, 0.2) is 0 Å². The zero-order chi connectivity index (χ0) is 20.3. The Balaban J connectivity index is 1.66. The number of ether oxygens (including phenoxy) is 1. The Morgan fingerprint density at radius 2 is 1.76 bits per heavy atom. The molecule has 0 saturated heterocycles. The molecule has 3 aromatic carbocycles. The molecule has 0 bridgehead atoms. The lowest BCUT2D eigenvalue weighted by Crippen LogP contribution is -2.31. The number of nitrogens with two attached hydrogens (primary N) is 1. The number of amides is 1. The van der Waals surface area contributed by atoms with Crippen LogP contribution < -0.4 is 21.1 Å². The molecule has 1 heterocycles. The fourth-order valence-electron chi connectivity index (χ4n) is 3.72. The third kappa shape index (κ3) is 3.67. The smallest absolute Gasteiger partial charge is 0.255 e. The number of hydrogen-bond donors (Lipinski definition) is 3. The van der Waals surface area contributed by atoms with Gasteiger partial charge in [0.25, 0.3) is 5.91 Å². The third-order valence-electron chi connectivity index (χ3n) is 5.23. The second-order valence-electron chi connectivity index (χ2n) is 7.06. The molecular formula is C24H23N3O2. The van der Waals surface area contributed by atoms with Crippen molar-refractivity contribution in [3.05, 3.63) is 107 Å². The van der Waals surface area contributed by atoms with Crippen LogP contribution in [0.4, 0.5) is 5.69 Å². The van der Waals surface area contributed by atoms with E-state index in [2.05, 4.69) is 28.8 Å². The van der Waals surface area contributed by atoms with Gasteiger partial charge in [0, 0.05) is 17.8 Å². The fourth-order valence-corrected chi connectivity index (χ4v) is 3.72. The summed E-state index contributed by atoms with van der Waals surface area (Å²) in [5, 5.41) is 6.23. The average molecular weight is 385 g/mol. The van der Waals surface area contributed by atoms with Gasteiger partial charge in [-0.3, -0.25) is 4.79 Å². The molecule has 0 aromatic heterocycles. The normalized spacial score (nSPS) is 17.9. The first-order valence-electron chi connectivity index (χ1n) is 9.44. The van der Waals surface area contributed by atoms with Crippen LogP contribution in [-0.4, -0.2) is 19.6 Å². The molecule has 0 radical (unpaired) electrons. The first-order valence-corrected chi connectivity index (χ1v) is 9.44. The molecule has 146 valence electrons. The Hall–Kier alpha value is -3.73. The molecular weight excluding hydrogens is 362 g/mol. The Bertz CT molecular complexity index is 1060. The van der Waals surface area contributed by atoms with E-state index in [1.54, 1.807) is 25.3 Å². The number of nitrogens with one attached hydrogen (secondary N) is 2. The Labute approximate surface area is 170 Å².